The number of sulfonamides is 1. The fourth-order valence-corrected chi connectivity index (χ4v) is 3.95. The van der Waals surface area contributed by atoms with Crippen LogP contribution in [0.15, 0.2) is 47.4 Å². The largest absolute Gasteiger partial charge is 0.491 e. The molecule has 0 aliphatic heterocycles. The van der Waals surface area contributed by atoms with Gasteiger partial charge in [0.15, 0.2) is 0 Å². The number of nitrogens with one attached hydrogen (secondary N) is 1. The number of hydrogen-bond donors (Lipinski definition) is 1. The number of rotatable bonds is 8. The summed E-state index contributed by atoms with van der Waals surface area (Å²) in [6.45, 7) is 8.14. The summed E-state index contributed by atoms with van der Waals surface area (Å²) in [4.78, 5) is 0.284. The Labute approximate surface area is 151 Å². The van der Waals surface area contributed by atoms with Crippen molar-refractivity contribution in [1.82, 2.24) is 4.72 Å². The standard InChI is InChI=1S/C20H27NO3S/c1-5-7-18-10-12-19(13-11-18)25(22,23)21-17(4)14-24-20-15(2)8-6-9-16(20)3/h6,8-13,17,21H,5,7,14H2,1-4H3. The second kappa shape index (κ2) is 8.50. The molecule has 0 saturated carbocycles. The third kappa shape index (κ3) is 5.31. The molecule has 0 aliphatic rings. The molecular formula is C20H27NO3S. The minimum Gasteiger partial charge on any atom is -0.491 e. The van der Waals surface area contributed by atoms with Crippen LogP contribution in [0.2, 0.25) is 0 Å². The maximum atomic E-state index is 12.5. The highest BCUT2D eigenvalue weighted by atomic mass is 32.2. The molecule has 0 heterocycles. The van der Waals surface area contributed by atoms with Crippen LogP contribution in [0.5, 0.6) is 5.75 Å². The molecule has 0 fully saturated rings. The SMILES string of the molecule is CCCc1ccc(S(=O)(=O)NC(C)COc2c(C)cccc2C)cc1. The van der Waals surface area contributed by atoms with Crippen molar-refractivity contribution in [2.24, 2.45) is 0 Å². The van der Waals surface area contributed by atoms with Crippen molar-refractivity contribution in [3.8, 4) is 5.75 Å². The van der Waals surface area contributed by atoms with Gasteiger partial charge in [0.1, 0.15) is 12.4 Å². The van der Waals surface area contributed by atoms with Gasteiger partial charge < -0.3 is 4.74 Å². The lowest BCUT2D eigenvalue weighted by Gasteiger charge is -2.17. The molecule has 0 radical (unpaired) electrons. The van der Waals surface area contributed by atoms with Gasteiger partial charge in [-0.05, 0) is 56.0 Å². The fraction of sp³-hybridized carbons (Fsp3) is 0.400. The average Bonchev–Trinajstić information content (AvgIpc) is 2.55. The van der Waals surface area contributed by atoms with Crippen molar-refractivity contribution in [1.29, 1.82) is 0 Å². The Kier molecular flexibility index (Phi) is 6.62. The molecule has 0 saturated heterocycles. The lowest BCUT2D eigenvalue weighted by Crippen LogP contribution is -2.36. The third-order valence-corrected chi connectivity index (χ3v) is 5.62. The van der Waals surface area contributed by atoms with Gasteiger partial charge in [0.2, 0.25) is 10.0 Å². The summed E-state index contributed by atoms with van der Waals surface area (Å²) in [5, 5.41) is 0. The van der Waals surface area contributed by atoms with Crippen LogP contribution in [0.25, 0.3) is 0 Å². The van der Waals surface area contributed by atoms with E-state index in [4.69, 9.17) is 4.74 Å². The van der Waals surface area contributed by atoms with Crippen LogP contribution in [-0.4, -0.2) is 21.1 Å². The van der Waals surface area contributed by atoms with Gasteiger partial charge in [0.05, 0.1) is 10.9 Å². The van der Waals surface area contributed by atoms with Crippen LogP contribution in [0, 0.1) is 13.8 Å². The first kappa shape index (κ1) is 19.5. The van der Waals surface area contributed by atoms with Crippen molar-refractivity contribution in [2.75, 3.05) is 6.61 Å². The maximum absolute atomic E-state index is 12.5. The fourth-order valence-electron chi connectivity index (χ4n) is 2.73. The Morgan fingerprint density at radius 3 is 2.20 bits per heavy atom. The van der Waals surface area contributed by atoms with Gasteiger partial charge in [0.25, 0.3) is 0 Å². The molecule has 2 aromatic carbocycles. The van der Waals surface area contributed by atoms with E-state index in [1.165, 1.54) is 0 Å². The van der Waals surface area contributed by atoms with Crippen molar-refractivity contribution in [3.05, 3.63) is 59.2 Å². The first-order valence-electron chi connectivity index (χ1n) is 8.63. The van der Waals surface area contributed by atoms with Gasteiger partial charge in [-0.1, -0.05) is 43.7 Å². The number of para-hydroxylation sites is 1. The van der Waals surface area contributed by atoms with Crippen LogP contribution in [0.1, 0.15) is 37.0 Å². The predicted molar refractivity (Wildman–Crippen MR) is 102 cm³/mol. The van der Waals surface area contributed by atoms with Crippen LogP contribution < -0.4 is 9.46 Å². The highest BCUT2D eigenvalue weighted by molar-refractivity contribution is 7.89. The van der Waals surface area contributed by atoms with Crippen LogP contribution in [-0.2, 0) is 16.4 Å². The Morgan fingerprint density at radius 2 is 1.64 bits per heavy atom. The van der Waals surface area contributed by atoms with E-state index in [-0.39, 0.29) is 17.5 Å². The summed E-state index contributed by atoms with van der Waals surface area (Å²) in [7, 11) is -3.55. The van der Waals surface area contributed by atoms with Gasteiger partial charge in [-0.3, -0.25) is 0 Å². The van der Waals surface area contributed by atoms with Crippen LogP contribution in [0.3, 0.4) is 0 Å². The van der Waals surface area contributed by atoms with Gasteiger partial charge in [0, 0.05) is 0 Å². The molecule has 0 spiro atoms. The summed E-state index contributed by atoms with van der Waals surface area (Å²) in [5.74, 6) is 0.817. The molecule has 0 aliphatic carbocycles. The van der Waals surface area contributed by atoms with E-state index in [9.17, 15) is 8.42 Å². The molecule has 1 atom stereocenters. The second-order valence-electron chi connectivity index (χ2n) is 6.45. The van der Waals surface area contributed by atoms with Gasteiger partial charge in [-0.15, -0.1) is 0 Å². The quantitative estimate of drug-likeness (QED) is 0.773. The van der Waals surface area contributed by atoms with Gasteiger partial charge >= 0.3 is 0 Å². The number of hydrogen-bond acceptors (Lipinski definition) is 3. The molecule has 1 unspecified atom stereocenters. The van der Waals surface area contributed by atoms with E-state index in [0.717, 1.165) is 35.3 Å². The highest BCUT2D eigenvalue weighted by Gasteiger charge is 2.18. The molecule has 0 bridgehead atoms. The predicted octanol–water partition coefficient (Wildman–Crippen LogP) is 4.00. The molecular weight excluding hydrogens is 334 g/mol. The average molecular weight is 362 g/mol. The van der Waals surface area contributed by atoms with E-state index in [1.807, 2.05) is 44.2 Å². The van der Waals surface area contributed by atoms with Crippen molar-refractivity contribution < 1.29 is 13.2 Å². The molecule has 0 amide bonds. The summed E-state index contributed by atoms with van der Waals surface area (Å²) >= 11 is 0. The summed E-state index contributed by atoms with van der Waals surface area (Å²) in [5.41, 5.74) is 3.23. The van der Waals surface area contributed by atoms with E-state index in [2.05, 4.69) is 11.6 Å². The summed E-state index contributed by atoms with van der Waals surface area (Å²) < 4.78 is 33.5. The monoisotopic (exact) mass is 361 g/mol. The topological polar surface area (TPSA) is 55.4 Å². The molecule has 136 valence electrons. The highest BCUT2D eigenvalue weighted by Crippen LogP contribution is 2.22. The molecule has 1 N–H and O–H groups in total. The minimum absolute atomic E-state index is 0.277. The van der Waals surface area contributed by atoms with Crippen molar-refractivity contribution >= 4 is 10.0 Å². The van der Waals surface area contributed by atoms with Crippen molar-refractivity contribution in [2.45, 2.75) is 51.5 Å². The zero-order valence-electron chi connectivity index (χ0n) is 15.4. The first-order valence-corrected chi connectivity index (χ1v) is 10.1. The lowest BCUT2D eigenvalue weighted by atomic mass is 10.1. The Bertz CT molecular complexity index is 778. The van der Waals surface area contributed by atoms with Gasteiger partial charge in [-0.25, -0.2) is 13.1 Å². The zero-order valence-corrected chi connectivity index (χ0v) is 16.2. The maximum Gasteiger partial charge on any atom is 0.240 e. The van der Waals surface area contributed by atoms with E-state index in [1.54, 1.807) is 19.1 Å². The third-order valence-electron chi connectivity index (χ3n) is 4.02. The molecule has 25 heavy (non-hydrogen) atoms. The van der Waals surface area contributed by atoms with Crippen LogP contribution >= 0.6 is 0 Å². The Morgan fingerprint density at radius 1 is 1.04 bits per heavy atom. The normalized spacial score (nSPS) is 12.8. The summed E-state index contributed by atoms with van der Waals surface area (Å²) in [6, 6.07) is 12.7. The second-order valence-corrected chi connectivity index (χ2v) is 8.16. The van der Waals surface area contributed by atoms with Crippen LogP contribution in [0.4, 0.5) is 0 Å². The molecule has 2 rings (SSSR count). The molecule has 5 heteroatoms. The molecule has 4 nitrogen and oxygen atoms in total. The van der Waals surface area contributed by atoms with E-state index >= 15 is 0 Å². The van der Waals surface area contributed by atoms with Crippen molar-refractivity contribution in [3.63, 3.8) is 0 Å². The van der Waals surface area contributed by atoms with E-state index in [0.29, 0.717) is 0 Å². The van der Waals surface area contributed by atoms with Gasteiger partial charge in [-0.2, -0.15) is 0 Å². The number of benzene rings is 2. The Balaban J connectivity index is 2.00. The molecule has 2 aromatic rings. The first-order chi connectivity index (χ1) is 11.8. The lowest BCUT2D eigenvalue weighted by molar-refractivity contribution is 0.284. The smallest absolute Gasteiger partial charge is 0.240 e. The molecule has 0 aromatic heterocycles. The zero-order chi connectivity index (χ0) is 18.4. The summed E-state index contributed by atoms with van der Waals surface area (Å²) in [6.07, 6.45) is 1.99. The minimum atomic E-state index is -3.55. The number of ether oxygens (including phenoxy) is 1. The Hall–Kier alpha value is -1.85. The van der Waals surface area contributed by atoms with E-state index < -0.39 is 10.0 Å². The number of aryl methyl sites for hydroxylation is 3.